The van der Waals surface area contributed by atoms with Gasteiger partial charge in [0, 0.05) is 30.7 Å². The normalized spacial score (nSPS) is 29.6. The Morgan fingerprint density at radius 1 is 1.24 bits per heavy atom. The van der Waals surface area contributed by atoms with Gasteiger partial charge in [-0.1, -0.05) is 33.1 Å². The molecule has 0 aromatic rings. The van der Waals surface area contributed by atoms with E-state index >= 15 is 0 Å². The van der Waals surface area contributed by atoms with Gasteiger partial charge in [-0.3, -0.25) is 4.90 Å². The maximum Gasteiger partial charge on any atom is 0.0309 e. The predicted octanol–water partition coefficient (Wildman–Crippen LogP) is 3.03. The summed E-state index contributed by atoms with van der Waals surface area (Å²) in [5, 5.41) is 3.86. The van der Waals surface area contributed by atoms with Crippen LogP contribution in [0, 0.1) is 5.92 Å². The highest BCUT2D eigenvalue weighted by atomic mass is 15.3. The molecule has 1 atom stereocenters. The first kappa shape index (κ1) is 13.4. The van der Waals surface area contributed by atoms with E-state index in [9.17, 15) is 0 Å². The van der Waals surface area contributed by atoms with E-state index in [0.29, 0.717) is 11.1 Å². The Kier molecular flexibility index (Phi) is 3.84. The Balaban J connectivity index is 2.03. The minimum absolute atomic E-state index is 0.331. The minimum Gasteiger partial charge on any atom is -0.308 e. The number of rotatable bonds is 3. The van der Waals surface area contributed by atoms with Gasteiger partial charge in [0.25, 0.3) is 0 Å². The third kappa shape index (κ3) is 2.85. The van der Waals surface area contributed by atoms with E-state index < -0.39 is 0 Å². The van der Waals surface area contributed by atoms with Crippen LogP contribution in [0.4, 0.5) is 0 Å². The van der Waals surface area contributed by atoms with Gasteiger partial charge in [0.15, 0.2) is 0 Å². The van der Waals surface area contributed by atoms with E-state index in [1.54, 1.807) is 0 Å². The Bertz CT molecular complexity index is 254. The van der Waals surface area contributed by atoms with Crippen molar-refractivity contribution in [3.8, 4) is 0 Å². The van der Waals surface area contributed by atoms with E-state index in [-0.39, 0.29) is 0 Å². The van der Waals surface area contributed by atoms with Crippen LogP contribution in [0.3, 0.4) is 0 Å². The molecule has 0 amide bonds. The van der Waals surface area contributed by atoms with Crippen LogP contribution in [0.5, 0.6) is 0 Å². The summed E-state index contributed by atoms with van der Waals surface area (Å²) in [6.07, 6.45) is 6.92. The van der Waals surface area contributed by atoms with E-state index in [4.69, 9.17) is 0 Å². The molecular formula is C15H30N2. The summed E-state index contributed by atoms with van der Waals surface area (Å²) in [4.78, 5) is 2.75. The standard InChI is InChI=1S/C15H30N2/c1-5-13(2)10-17-12-15(8-6-7-9-15)16-11-14(17,3)4/h13,16H,5-12H2,1-4H3. The number of nitrogens with zero attached hydrogens (tertiary/aromatic N) is 1. The average Bonchev–Trinajstić information content (AvgIpc) is 2.73. The molecule has 2 fully saturated rings. The summed E-state index contributed by atoms with van der Waals surface area (Å²) in [5.41, 5.74) is 0.792. The van der Waals surface area contributed by atoms with Crippen LogP contribution in [-0.4, -0.2) is 35.6 Å². The molecule has 1 aliphatic heterocycles. The van der Waals surface area contributed by atoms with Crippen LogP contribution >= 0.6 is 0 Å². The molecule has 0 radical (unpaired) electrons. The minimum atomic E-state index is 0.331. The summed E-state index contributed by atoms with van der Waals surface area (Å²) in [7, 11) is 0. The first-order valence-electron chi connectivity index (χ1n) is 7.47. The number of hydrogen-bond donors (Lipinski definition) is 1. The molecule has 2 aliphatic rings. The third-order valence-electron chi connectivity index (χ3n) is 5.04. The zero-order chi connectivity index (χ0) is 12.5. The summed E-state index contributed by atoms with van der Waals surface area (Å²) in [5.74, 6) is 0.825. The molecule has 2 heteroatoms. The first-order valence-corrected chi connectivity index (χ1v) is 7.47. The molecule has 0 aromatic heterocycles. The van der Waals surface area contributed by atoms with E-state index in [1.807, 2.05) is 0 Å². The maximum absolute atomic E-state index is 3.86. The summed E-state index contributed by atoms with van der Waals surface area (Å²) < 4.78 is 0. The predicted molar refractivity (Wildman–Crippen MR) is 74.3 cm³/mol. The smallest absolute Gasteiger partial charge is 0.0309 e. The van der Waals surface area contributed by atoms with Gasteiger partial charge in [-0.25, -0.2) is 0 Å². The summed E-state index contributed by atoms with van der Waals surface area (Å²) in [6, 6.07) is 0. The van der Waals surface area contributed by atoms with Gasteiger partial charge in [0.05, 0.1) is 0 Å². The molecule has 1 saturated heterocycles. The molecule has 1 heterocycles. The second kappa shape index (κ2) is 4.89. The largest absolute Gasteiger partial charge is 0.308 e. The first-order chi connectivity index (χ1) is 7.97. The van der Waals surface area contributed by atoms with Gasteiger partial charge in [-0.05, 0) is 32.6 Å². The number of piperazine rings is 1. The third-order valence-corrected chi connectivity index (χ3v) is 5.04. The molecule has 1 N–H and O–H groups in total. The highest BCUT2D eigenvalue weighted by Gasteiger charge is 2.44. The molecule has 2 rings (SSSR count). The molecule has 1 aliphatic carbocycles. The van der Waals surface area contributed by atoms with Gasteiger partial charge >= 0.3 is 0 Å². The molecular weight excluding hydrogens is 208 g/mol. The molecule has 1 spiro atoms. The van der Waals surface area contributed by atoms with Gasteiger partial charge in [0.1, 0.15) is 0 Å². The molecule has 1 saturated carbocycles. The summed E-state index contributed by atoms with van der Waals surface area (Å²) >= 11 is 0. The van der Waals surface area contributed by atoms with Crippen molar-refractivity contribution in [2.75, 3.05) is 19.6 Å². The van der Waals surface area contributed by atoms with Gasteiger partial charge in [-0.2, -0.15) is 0 Å². The lowest BCUT2D eigenvalue weighted by Crippen LogP contribution is -2.67. The van der Waals surface area contributed by atoms with Gasteiger partial charge in [-0.15, -0.1) is 0 Å². The zero-order valence-electron chi connectivity index (χ0n) is 12.2. The molecule has 2 nitrogen and oxygen atoms in total. The van der Waals surface area contributed by atoms with Crippen molar-refractivity contribution in [3.63, 3.8) is 0 Å². The van der Waals surface area contributed by atoms with Crippen molar-refractivity contribution in [1.82, 2.24) is 10.2 Å². The van der Waals surface area contributed by atoms with E-state index in [2.05, 4.69) is 37.9 Å². The van der Waals surface area contributed by atoms with Crippen molar-refractivity contribution in [1.29, 1.82) is 0 Å². The second-order valence-electron chi connectivity index (χ2n) is 7.05. The fraction of sp³-hybridized carbons (Fsp3) is 1.00. The van der Waals surface area contributed by atoms with E-state index in [0.717, 1.165) is 12.5 Å². The fourth-order valence-electron chi connectivity index (χ4n) is 3.35. The lowest BCUT2D eigenvalue weighted by Gasteiger charge is -2.51. The van der Waals surface area contributed by atoms with Crippen molar-refractivity contribution in [2.45, 2.75) is 70.9 Å². The molecule has 0 bridgehead atoms. The average molecular weight is 238 g/mol. The molecule has 17 heavy (non-hydrogen) atoms. The van der Waals surface area contributed by atoms with Crippen LogP contribution < -0.4 is 5.32 Å². The SMILES string of the molecule is CCC(C)CN1CC2(CCCC2)NCC1(C)C. The summed E-state index contributed by atoms with van der Waals surface area (Å²) in [6.45, 7) is 13.2. The van der Waals surface area contributed by atoms with Gasteiger partial charge in [0.2, 0.25) is 0 Å². The van der Waals surface area contributed by atoms with E-state index in [1.165, 1.54) is 45.2 Å². The lowest BCUT2D eigenvalue weighted by atomic mass is 9.86. The molecule has 1 unspecified atom stereocenters. The highest BCUT2D eigenvalue weighted by molar-refractivity contribution is 5.04. The number of hydrogen-bond acceptors (Lipinski definition) is 2. The van der Waals surface area contributed by atoms with Crippen LogP contribution in [0.25, 0.3) is 0 Å². The highest BCUT2D eigenvalue weighted by Crippen LogP contribution is 2.36. The fourth-order valence-corrected chi connectivity index (χ4v) is 3.35. The van der Waals surface area contributed by atoms with Crippen molar-refractivity contribution in [3.05, 3.63) is 0 Å². The Labute approximate surface area is 107 Å². The molecule has 100 valence electrons. The topological polar surface area (TPSA) is 15.3 Å². The monoisotopic (exact) mass is 238 g/mol. The second-order valence-corrected chi connectivity index (χ2v) is 7.05. The number of nitrogens with one attached hydrogen (secondary N) is 1. The van der Waals surface area contributed by atoms with Crippen molar-refractivity contribution < 1.29 is 0 Å². The van der Waals surface area contributed by atoms with Crippen LogP contribution in [0.15, 0.2) is 0 Å². The Morgan fingerprint density at radius 3 is 2.47 bits per heavy atom. The zero-order valence-corrected chi connectivity index (χ0v) is 12.2. The van der Waals surface area contributed by atoms with Crippen molar-refractivity contribution in [2.24, 2.45) is 5.92 Å². The Morgan fingerprint density at radius 2 is 1.88 bits per heavy atom. The van der Waals surface area contributed by atoms with Crippen LogP contribution in [0.1, 0.15) is 59.8 Å². The van der Waals surface area contributed by atoms with Gasteiger partial charge < -0.3 is 5.32 Å². The van der Waals surface area contributed by atoms with Crippen molar-refractivity contribution >= 4 is 0 Å². The van der Waals surface area contributed by atoms with Crippen LogP contribution in [-0.2, 0) is 0 Å². The lowest BCUT2D eigenvalue weighted by molar-refractivity contribution is 0.0177. The quantitative estimate of drug-likeness (QED) is 0.813. The molecule has 0 aromatic carbocycles. The maximum atomic E-state index is 3.86. The Hall–Kier alpha value is -0.0800. The van der Waals surface area contributed by atoms with Crippen LogP contribution in [0.2, 0.25) is 0 Å².